The van der Waals surface area contributed by atoms with E-state index in [-0.39, 0.29) is 12.1 Å². The highest BCUT2D eigenvalue weighted by atomic mass is 19.4. The van der Waals surface area contributed by atoms with Crippen molar-refractivity contribution in [3.63, 3.8) is 0 Å². The highest BCUT2D eigenvalue weighted by Gasteiger charge is 2.37. The number of benzene rings is 1. The minimum absolute atomic E-state index is 0.254. The Morgan fingerprint density at radius 2 is 1.52 bits per heavy atom. The van der Waals surface area contributed by atoms with Crippen LogP contribution in [0, 0.1) is 20.2 Å². The number of nitrogens with zero attached hydrogens (tertiary/aromatic N) is 3. The molecule has 8 nitrogen and oxygen atoms in total. The Morgan fingerprint density at radius 3 is 1.91 bits per heavy atom. The summed E-state index contributed by atoms with van der Waals surface area (Å²) < 4.78 is 38.2. The quantitative estimate of drug-likeness (QED) is 0.664. The SMILES string of the molecule is O=[N+]([O-])c1cc(C(F)(F)F)cc([N+](=O)[O-])c1NN=C1CCCC1. The van der Waals surface area contributed by atoms with Crippen LogP contribution in [0.1, 0.15) is 31.2 Å². The van der Waals surface area contributed by atoms with Gasteiger partial charge in [0, 0.05) is 17.8 Å². The van der Waals surface area contributed by atoms with Gasteiger partial charge in [-0.3, -0.25) is 25.7 Å². The van der Waals surface area contributed by atoms with E-state index in [1.807, 2.05) is 0 Å². The number of halogens is 3. The third-order valence-corrected chi connectivity index (χ3v) is 3.32. The van der Waals surface area contributed by atoms with Gasteiger partial charge in [-0.05, 0) is 25.7 Å². The molecule has 1 aliphatic rings. The van der Waals surface area contributed by atoms with Crippen molar-refractivity contribution in [2.24, 2.45) is 5.10 Å². The van der Waals surface area contributed by atoms with Gasteiger partial charge in [0.15, 0.2) is 0 Å². The van der Waals surface area contributed by atoms with Gasteiger partial charge in [0.05, 0.1) is 15.4 Å². The summed E-state index contributed by atoms with van der Waals surface area (Å²) in [7, 11) is 0. The number of nitro benzene ring substituents is 2. The molecule has 1 aromatic rings. The molecule has 0 radical (unpaired) electrons. The molecule has 11 heteroatoms. The molecule has 0 aliphatic heterocycles. The van der Waals surface area contributed by atoms with E-state index in [2.05, 4.69) is 10.5 Å². The Labute approximate surface area is 127 Å². The smallest absolute Gasteiger partial charge is 0.266 e. The fraction of sp³-hybridized carbons (Fsp3) is 0.417. The number of hydrogen-bond donors (Lipinski definition) is 1. The third-order valence-electron chi connectivity index (χ3n) is 3.32. The summed E-state index contributed by atoms with van der Waals surface area (Å²) in [4.78, 5) is 19.8. The number of rotatable bonds is 4. The lowest BCUT2D eigenvalue weighted by atomic mass is 10.1. The van der Waals surface area contributed by atoms with Crippen molar-refractivity contribution >= 4 is 22.8 Å². The summed E-state index contributed by atoms with van der Waals surface area (Å²) in [5, 5.41) is 25.8. The van der Waals surface area contributed by atoms with E-state index in [4.69, 9.17) is 0 Å². The van der Waals surface area contributed by atoms with Crippen LogP contribution in [0.3, 0.4) is 0 Å². The first kappa shape index (κ1) is 16.6. The maximum atomic E-state index is 12.7. The van der Waals surface area contributed by atoms with Crippen LogP contribution in [0.25, 0.3) is 0 Å². The molecule has 0 heterocycles. The molecule has 124 valence electrons. The minimum atomic E-state index is -4.94. The summed E-state index contributed by atoms with van der Waals surface area (Å²) in [6.45, 7) is 0. The Morgan fingerprint density at radius 1 is 1.04 bits per heavy atom. The fourth-order valence-electron chi connectivity index (χ4n) is 2.21. The van der Waals surface area contributed by atoms with Crippen LogP contribution >= 0.6 is 0 Å². The van der Waals surface area contributed by atoms with Crippen molar-refractivity contribution in [1.82, 2.24) is 0 Å². The number of nitrogens with one attached hydrogen (secondary N) is 1. The van der Waals surface area contributed by atoms with Crippen molar-refractivity contribution in [2.45, 2.75) is 31.9 Å². The van der Waals surface area contributed by atoms with Crippen LogP contribution in [-0.4, -0.2) is 15.6 Å². The molecular weight excluding hydrogens is 321 g/mol. The van der Waals surface area contributed by atoms with Crippen LogP contribution in [0.2, 0.25) is 0 Å². The molecule has 0 atom stereocenters. The van der Waals surface area contributed by atoms with E-state index < -0.39 is 38.6 Å². The van der Waals surface area contributed by atoms with Crippen LogP contribution in [-0.2, 0) is 6.18 Å². The predicted molar refractivity (Wildman–Crippen MR) is 74.3 cm³/mol. The molecule has 0 unspecified atom stereocenters. The molecule has 0 amide bonds. The molecule has 1 N–H and O–H groups in total. The zero-order chi connectivity index (χ0) is 17.2. The van der Waals surface area contributed by atoms with Gasteiger partial charge in [-0.2, -0.15) is 18.3 Å². The molecule has 23 heavy (non-hydrogen) atoms. The lowest BCUT2D eigenvalue weighted by molar-refractivity contribution is -0.392. The Bertz CT molecular complexity index is 644. The van der Waals surface area contributed by atoms with E-state index in [1.54, 1.807) is 0 Å². The van der Waals surface area contributed by atoms with E-state index >= 15 is 0 Å². The molecule has 1 fully saturated rings. The molecule has 0 aromatic heterocycles. The zero-order valence-electron chi connectivity index (χ0n) is 11.6. The predicted octanol–water partition coefficient (Wildman–Crippen LogP) is 3.86. The first-order chi connectivity index (χ1) is 10.7. The van der Waals surface area contributed by atoms with Crippen molar-refractivity contribution in [2.75, 3.05) is 5.43 Å². The highest BCUT2D eigenvalue weighted by molar-refractivity contribution is 5.87. The summed E-state index contributed by atoms with van der Waals surface area (Å²) in [5.74, 6) is 0. The second-order valence-electron chi connectivity index (χ2n) is 4.90. The molecule has 2 rings (SSSR count). The molecular formula is C12H11F3N4O4. The molecule has 0 bridgehead atoms. The van der Waals surface area contributed by atoms with Crippen LogP contribution in [0.5, 0.6) is 0 Å². The topological polar surface area (TPSA) is 111 Å². The molecule has 1 saturated carbocycles. The largest absolute Gasteiger partial charge is 0.416 e. The van der Waals surface area contributed by atoms with E-state index in [1.165, 1.54) is 0 Å². The first-order valence-corrected chi connectivity index (χ1v) is 6.55. The van der Waals surface area contributed by atoms with Crippen LogP contribution in [0.4, 0.5) is 30.2 Å². The number of hydrazone groups is 1. The molecule has 1 aliphatic carbocycles. The Hall–Kier alpha value is -2.72. The average molecular weight is 332 g/mol. The number of hydrogen-bond acceptors (Lipinski definition) is 6. The second kappa shape index (κ2) is 6.18. The molecule has 0 saturated heterocycles. The summed E-state index contributed by atoms with van der Waals surface area (Å²) in [6, 6.07) is 0.508. The van der Waals surface area contributed by atoms with E-state index in [0.29, 0.717) is 18.6 Å². The second-order valence-corrected chi connectivity index (χ2v) is 4.90. The normalized spacial score (nSPS) is 14.7. The van der Waals surface area contributed by atoms with Gasteiger partial charge in [-0.25, -0.2) is 0 Å². The number of alkyl halides is 3. The standard InChI is InChI=1S/C12H11F3N4O4/c13-12(14,15)7-5-9(18(20)21)11(10(6-7)19(22)23)17-16-8-3-1-2-4-8/h5-6,17H,1-4H2. The zero-order valence-corrected chi connectivity index (χ0v) is 11.6. The van der Waals surface area contributed by atoms with E-state index in [9.17, 15) is 33.4 Å². The third kappa shape index (κ3) is 3.73. The maximum absolute atomic E-state index is 12.7. The Balaban J connectivity index is 2.55. The summed E-state index contributed by atoms with van der Waals surface area (Å²) in [5.41, 5.74) is -1.35. The van der Waals surface area contributed by atoms with Crippen molar-refractivity contribution in [1.29, 1.82) is 0 Å². The van der Waals surface area contributed by atoms with Gasteiger partial charge >= 0.3 is 17.6 Å². The highest BCUT2D eigenvalue weighted by Crippen LogP contribution is 2.41. The number of anilines is 1. The first-order valence-electron chi connectivity index (χ1n) is 6.55. The average Bonchev–Trinajstić information content (AvgIpc) is 2.96. The molecule has 1 aromatic carbocycles. The van der Waals surface area contributed by atoms with Crippen molar-refractivity contribution in [3.8, 4) is 0 Å². The van der Waals surface area contributed by atoms with Crippen molar-refractivity contribution in [3.05, 3.63) is 37.9 Å². The maximum Gasteiger partial charge on any atom is 0.416 e. The van der Waals surface area contributed by atoms with Crippen LogP contribution < -0.4 is 5.43 Å². The summed E-state index contributed by atoms with van der Waals surface area (Å²) in [6.07, 6.45) is -1.93. The fourth-order valence-corrected chi connectivity index (χ4v) is 2.21. The van der Waals surface area contributed by atoms with Crippen LogP contribution in [0.15, 0.2) is 17.2 Å². The lowest BCUT2D eigenvalue weighted by Crippen LogP contribution is -2.09. The van der Waals surface area contributed by atoms with Gasteiger partial charge in [0.25, 0.3) is 0 Å². The van der Waals surface area contributed by atoms with Crippen molar-refractivity contribution < 1.29 is 23.0 Å². The number of nitro groups is 2. The van der Waals surface area contributed by atoms with Gasteiger partial charge in [0.2, 0.25) is 5.69 Å². The summed E-state index contributed by atoms with van der Waals surface area (Å²) >= 11 is 0. The minimum Gasteiger partial charge on any atom is -0.266 e. The van der Waals surface area contributed by atoms with E-state index in [0.717, 1.165) is 12.8 Å². The molecule has 0 spiro atoms. The monoisotopic (exact) mass is 332 g/mol. The van der Waals surface area contributed by atoms with Gasteiger partial charge in [-0.15, -0.1) is 0 Å². The Kier molecular flexibility index (Phi) is 4.48. The lowest BCUT2D eigenvalue weighted by Gasteiger charge is -2.09. The van der Waals surface area contributed by atoms with Gasteiger partial charge < -0.3 is 0 Å². The van der Waals surface area contributed by atoms with Gasteiger partial charge in [0.1, 0.15) is 0 Å². The van der Waals surface area contributed by atoms with Gasteiger partial charge in [-0.1, -0.05) is 0 Å².